The zero-order valence-corrected chi connectivity index (χ0v) is 5.89. The van der Waals surface area contributed by atoms with E-state index in [1.807, 2.05) is 0 Å². The van der Waals surface area contributed by atoms with Crippen LogP contribution in [-0.4, -0.2) is 0 Å². The average Bonchev–Trinajstić information content (AvgIpc) is 2.14. The normalized spacial score (nSPS) is 8.12. The van der Waals surface area contributed by atoms with Crippen molar-refractivity contribution >= 4 is 0 Å². The van der Waals surface area contributed by atoms with Crippen LogP contribution in [0.4, 0.5) is 0 Å². The van der Waals surface area contributed by atoms with E-state index in [2.05, 4.69) is 31.2 Å². The molecule has 0 aromatic heterocycles. The molecule has 0 atom stereocenters. The summed E-state index contributed by atoms with van der Waals surface area (Å²) in [6.45, 7) is 2.16. The van der Waals surface area contributed by atoms with Gasteiger partial charge in [0.25, 0.3) is 0 Å². The fourth-order valence-corrected chi connectivity index (χ4v) is 0.650. The molecule has 8 heavy (non-hydrogen) atoms. The van der Waals surface area contributed by atoms with Gasteiger partial charge < -0.3 is 0 Å². The molecule has 0 saturated carbocycles. The number of rotatable bonds is 1. The topological polar surface area (TPSA) is 0 Å². The Balaban J connectivity index is 0.000000490. The quantitative estimate of drug-likeness (QED) is 0.539. The van der Waals surface area contributed by atoms with E-state index >= 15 is 0 Å². The maximum atomic E-state index is 2.16. The Kier molecular flexibility index (Phi) is 3.74. The zero-order valence-electron chi connectivity index (χ0n) is 4.85. The van der Waals surface area contributed by atoms with E-state index in [1.54, 1.807) is 0 Å². The Morgan fingerprint density at radius 1 is 1.25 bits per heavy atom. The summed E-state index contributed by atoms with van der Waals surface area (Å²) in [7, 11) is 0. The molecule has 0 N–H and O–H groups in total. The molecule has 1 aromatic rings. The van der Waals surface area contributed by atoms with Crippen molar-refractivity contribution in [2.24, 2.45) is 0 Å². The fourth-order valence-electron chi connectivity index (χ4n) is 0.650. The molecule has 0 bridgehead atoms. The predicted molar refractivity (Wildman–Crippen MR) is 31.4 cm³/mol. The van der Waals surface area contributed by atoms with E-state index < -0.39 is 0 Å². The van der Waals surface area contributed by atoms with E-state index in [-0.39, 0.29) is 16.8 Å². The molecule has 0 saturated heterocycles. The van der Waals surface area contributed by atoms with Crippen molar-refractivity contribution in [3.63, 3.8) is 0 Å². The van der Waals surface area contributed by atoms with Gasteiger partial charge in [-0.25, -0.2) is 12.1 Å². The average molecular weight is 152 g/mol. The zero-order chi connectivity index (χ0) is 5.11. The largest absolute Gasteiger partial charge is 0.213 e. The first-order chi connectivity index (χ1) is 3.43. The second kappa shape index (κ2) is 3.81. The van der Waals surface area contributed by atoms with Crippen LogP contribution in [0.15, 0.2) is 24.3 Å². The van der Waals surface area contributed by atoms with Gasteiger partial charge in [0.2, 0.25) is 0 Å². The first-order valence-corrected chi connectivity index (χ1v) is 2.64. The monoisotopic (exact) mass is 152 g/mol. The first kappa shape index (κ1) is 7.86. The van der Waals surface area contributed by atoms with Gasteiger partial charge in [-0.15, -0.1) is 0 Å². The fraction of sp³-hybridized carbons (Fsp3) is 0.286. The maximum Gasteiger partial charge on any atom is 0 e. The summed E-state index contributed by atoms with van der Waals surface area (Å²) in [5, 5.41) is 0. The minimum atomic E-state index is 0. The summed E-state index contributed by atoms with van der Waals surface area (Å²) in [5.74, 6) is 0. The summed E-state index contributed by atoms with van der Waals surface area (Å²) in [5.41, 5.74) is 1.43. The summed E-state index contributed by atoms with van der Waals surface area (Å²) in [6.07, 6.45) is 1.16. The number of hydrogen-bond donors (Lipinski definition) is 0. The van der Waals surface area contributed by atoms with Crippen LogP contribution in [0, 0.1) is 0 Å². The minimum Gasteiger partial charge on any atom is -0.213 e. The molecule has 1 radical (unpaired) electrons. The van der Waals surface area contributed by atoms with Gasteiger partial charge in [-0.2, -0.15) is 17.7 Å². The first-order valence-electron chi connectivity index (χ1n) is 2.64. The molecule has 0 fully saturated rings. The van der Waals surface area contributed by atoms with E-state index in [0.29, 0.717) is 0 Å². The summed E-state index contributed by atoms with van der Waals surface area (Å²) in [6, 6.07) is 8.41. The van der Waals surface area contributed by atoms with Gasteiger partial charge in [0, 0.05) is 16.8 Å². The van der Waals surface area contributed by atoms with Gasteiger partial charge >= 0.3 is 0 Å². The van der Waals surface area contributed by atoms with Crippen molar-refractivity contribution in [2.75, 3.05) is 0 Å². The maximum absolute atomic E-state index is 2.16. The third kappa shape index (κ3) is 1.76. The van der Waals surface area contributed by atoms with Crippen molar-refractivity contribution in [1.29, 1.82) is 0 Å². The van der Waals surface area contributed by atoms with Crippen LogP contribution >= 0.6 is 0 Å². The summed E-state index contributed by atoms with van der Waals surface area (Å²) >= 11 is 0. The molecular weight excluding hydrogens is 143 g/mol. The van der Waals surface area contributed by atoms with Gasteiger partial charge in [0.15, 0.2) is 0 Å². The molecule has 0 amide bonds. The van der Waals surface area contributed by atoms with E-state index in [0.717, 1.165) is 6.42 Å². The van der Waals surface area contributed by atoms with Crippen molar-refractivity contribution < 1.29 is 16.8 Å². The molecule has 0 aliphatic rings. The van der Waals surface area contributed by atoms with E-state index in [9.17, 15) is 0 Å². The molecule has 0 spiro atoms. The third-order valence-corrected chi connectivity index (χ3v) is 1.14. The van der Waals surface area contributed by atoms with Crippen molar-refractivity contribution in [3.05, 3.63) is 29.8 Å². The van der Waals surface area contributed by atoms with Crippen LogP contribution in [0.25, 0.3) is 0 Å². The molecule has 47 valence electrons. The summed E-state index contributed by atoms with van der Waals surface area (Å²) < 4.78 is 0. The number of hydrogen-bond acceptors (Lipinski definition) is 0. The van der Waals surface area contributed by atoms with Crippen molar-refractivity contribution in [2.45, 2.75) is 13.3 Å². The van der Waals surface area contributed by atoms with Crippen LogP contribution in [-0.2, 0) is 23.2 Å². The molecule has 0 unspecified atom stereocenters. The molecular formula is C7H9Co-. The molecule has 0 aliphatic carbocycles. The van der Waals surface area contributed by atoms with Crippen LogP contribution < -0.4 is 0 Å². The Morgan fingerprint density at radius 3 is 2.00 bits per heavy atom. The standard InChI is InChI=1S/C7H9.Co/c1-2-7-5-3-4-6-7;/h3-6H,2H2,1H3;/q-1;. The molecule has 1 heteroatoms. The van der Waals surface area contributed by atoms with E-state index in [4.69, 9.17) is 0 Å². The molecule has 1 rings (SSSR count). The van der Waals surface area contributed by atoms with Gasteiger partial charge in [-0.3, -0.25) is 0 Å². The van der Waals surface area contributed by atoms with Gasteiger partial charge in [-0.05, 0) is 0 Å². The van der Waals surface area contributed by atoms with Crippen LogP contribution in [0.2, 0.25) is 0 Å². The second-order valence-electron chi connectivity index (χ2n) is 1.65. The Bertz CT molecular complexity index is 119. The van der Waals surface area contributed by atoms with Crippen LogP contribution in [0.5, 0.6) is 0 Å². The SMILES string of the molecule is CC[c-]1cccc1.[Co]. The van der Waals surface area contributed by atoms with Crippen molar-refractivity contribution in [3.8, 4) is 0 Å². The Labute approximate surface area is 60.5 Å². The molecule has 1 aromatic carbocycles. The summed E-state index contributed by atoms with van der Waals surface area (Å²) in [4.78, 5) is 0. The second-order valence-corrected chi connectivity index (χ2v) is 1.65. The minimum absolute atomic E-state index is 0. The van der Waals surface area contributed by atoms with Crippen LogP contribution in [0.1, 0.15) is 12.5 Å². The van der Waals surface area contributed by atoms with E-state index in [1.165, 1.54) is 5.56 Å². The Morgan fingerprint density at radius 2 is 1.75 bits per heavy atom. The van der Waals surface area contributed by atoms with Crippen LogP contribution in [0.3, 0.4) is 0 Å². The molecule has 0 heterocycles. The van der Waals surface area contributed by atoms with Gasteiger partial charge in [0.1, 0.15) is 0 Å². The molecule has 0 aliphatic heterocycles. The van der Waals surface area contributed by atoms with Crippen molar-refractivity contribution in [1.82, 2.24) is 0 Å². The Hall–Kier alpha value is -0.144. The number of aryl methyl sites for hydroxylation is 1. The molecule has 0 nitrogen and oxygen atoms in total. The van der Waals surface area contributed by atoms with Gasteiger partial charge in [-0.1, -0.05) is 13.3 Å². The van der Waals surface area contributed by atoms with Gasteiger partial charge in [0.05, 0.1) is 0 Å². The predicted octanol–water partition coefficient (Wildman–Crippen LogP) is 1.97. The third-order valence-electron chi connectivity index (χ3n) is 1.14. The smallest absolute Gasteiger partial charge is 0 e.